The quantitative estimate of drug-likeness (QED) is 0.771. The fourth-order valence-corrected chi connectivity index (χ4v) is 3.36. The monoisotopic (exact) mass is 352 g/mol. The van der Waals surface area contributed by atoms with Crippen LogP contribution in [0.1, 0.15) is 46.6 Å². The second-order valence-corrected chi connectivity index (χ2v) is 9.69. The van der Waals surface area contributed by atoms with Crippen LogP contribution < -0.4 is 10.0 Å². The molecule has 0 saturated carbocycles. The normalized spacial score (nSPS) is 13.1. The molecule has 0 aromatic heterocycles. The molecule has 6 heteroatoms. The summed E-state index contributed by atoms with van der Waals surface area (Å²) in [5, 5.41) is 3.01. The van der Waals surface area contributed by atoms with E-state index in [0.717, 1.165) is 18.2 Å². The van der Waals surface area contributed by atoms with E-state index in [1.54, 1.807) is 30.3 Å². The molecule has 2 N–H and O–H groups in total. The Bertz CT molecular complexity index is 697. The minimum atomic E-state index is -3.28. The molecule has 0 atom stereocenters. The summed E-state index contributed by atoms with van der Waals surface area (Å²) >= 11 is 0. The average Bonchev–Trinajstić information content (AvgIpc) is 2.32. The number of benzene rings is 1. The zero-order chi connectivity index (χ0) is 18.6. The molecule has 0 aliphatic rings. The number of rotatable bonds is 6. The third-order valence-corrected chi connectivity index (χ3v) is 3.68. The van der Waals surface area contributed by atoms with Gasteiger partial charge in [0.1, 0.15) is 0 Å². The molecule has 1 amide bonds. The number of hydrogen-bond acceptors (Lipinski definition) is 3. The number of carbonyl (C=O) groups excluding carboxylic acids is 1. The second kappa shape index (κ2) is 7.38. The molecule has 0 fully saturated rings. The SMILES string of the molecule is CC(C)(C)CC(C)(C)NC(=O)/C=C/c1ccc(NS(C)(=O)=O)cc1. The van der Waals surface area contributed by atoms with Crippen LogP contribution in [-0.2, 0) is 14.8 Å². The van der Waals surface area contributed by atoms with Gasteiger partial charge < -0.3 is 5.32 Å². The van der Waals surface area contributed by atoms with Crippen molar-refractivity contribution in [1.29, 1.82) is 0 Å². The van der Waals surface area contributed by atoms with Crippen LogP contribution in [0.2, 0.25) is 0 Å². The van der Waals surface area contributed by atoms with Crippen molar-refractivity contribution in [3.05, 3.63) is 35.9 Å². The van der Waals surface area contributed by atoms with Crippen LogP contribution in [0.25, 0.3) is 6.08 Å². The molecule has 24 heavy (non-hydrogen) atoms. The van der Waals surface area contributed by atoms with E-state index in [0.29, 0.717) is 5.69 Å². The lowest BCUT2D eigenvalue weighted by Crippen LogP contribution is -2.45. The predicted octanol–water partition coefficient (Wildman–Crippen LogP) is 3.40. The molecule has 0 spiro atoms. The molecule has 0 bridgehead atoms. The number of anilines is 1. The van der Waals surface area contributed by atoms with Crippen molar-refractivity contribution >= 4 is 27.7 Å². The van der Waals surface area contributed by atoms with Crippen LogP contribution >= 0.6 is 0 Å². The molecule has 5 nitrogen and oxygen atoms in total. The third kappa shape index (κ3) is 8.72. The molecule has 0 saturated heterocycles. The van der Waals surface area contributed by atoms with E-state index >= 15 is 0 Å². The zero-order valence-corrected chi connectivity index (χ0v) is 16.1. The summed E-state index contributed by atoms with van der Waals surface area (Å²) < 4.78 is 24.7. The van der Waals surface area contributed by atoms with Crippen LogP contribution in [0, 0.1) is 5.41 Å². The summed E-state index contributed by atoms with van der Waals surface area (Å²) in [5.74, 6) is -0.150. The Morgan fingerprint density at radius 1 is 1.08 bits per heavy atom. The third-order valence-electron chi connectivity index (χ3n) is 3.07. The minimum absolute atomic E-state index is 0.128. The second-order valence-electron chi connectivity index (χ2n) is 7.94. The van der Waals surface area contributed by atoms with Crippen LogP contribution in [0.3, 0.4) is 0 Å². The van der Waals surface area contributed by atoms with Gasteiger partial charge in [-0.2, -0.15) is 0 Å². The molecule has 1 aromatic rings. The standard InChI is InChI=1S/C18H28N2O3S/c1-17(2,3)13-18(4,5)19-16(21)12-9-14-7-10-15(11-8-14)20-24(6,22)23/h7-12,20H,13H2,1-6H3,(H,19,21)/b12-9+. The lowest BCUT2D eigenvalue weighted by atomic mass is 9.82. The van der Waals surface area contributed by atoms with Crippen LogP contribution in [-0.4, -0.2) is 26.1 Å². The molecule has 1 rings (SSSR count). The molecule has 134 valence electrons. The average molecular weight is 353 g/mol. The predicted molar refractivity (Wildman–Crippen MR) is 100 cm³/mol. The highest BCUT2D eigenvalue weighted by Gasteiger charge is 2.26. The molecular formula is C18H28N2O3S. The lowest BCUT2D eigenvalue weighted by Gasteiger charge is -2.32. The van der Waals surface area contributed by atoms with Gasteiger partial charge in [-0.15, -0.1) is 0 Å². The lowest BCUT2D eigenvalue weighted by molar-refractivity contribution is -0.118. The van der Waals surface area contributed by atoms with E-state index in [1.165, 1.54) is 6.08 Å². The molecular weight excluding hydrogens is 324 g/mol. The molecule has 0 aliphatic carbocycles. The van der Waals surface area contributed by atoms with Crippen molar-refractivity contribution in [3.8, 4) is 0 Å². The fraction of sp³-hybridized carbons (Fsp3) is 0.500. The molecule has 0 aliphatic heterocycles. The van der Waals surface area contributed by atoms with Gasteiger partial charge in [0, 0.05) is 17.3 Å². The maximum absolute atomic E-state index is 12.1. The summed E-state index contributed by atoms with van der Waals surface area (Å²) in [6.07, 6.45) is 5.16. The zero-order valence-electron chi connectivity index (χ0n) is 15.3. The van der Waals surface area contributed by atoms with E-state index in [9.17, 15) is 13.2 Å². The van der Waals surface area contributed by atoms with Gasteiger partial charge in [-0.25, -0.2) is 8.42 Å². The van der Waals surface area contributed by atoms with Gasteiger partial charge in [-0.05, 0) is 49.5 Å². The first-order valence-corrected chi connectivity index (χ1v) is 9.73. The van der Waals surface area contributed by atoms with Gasteiger partial charge in [0.15, 0.2) is 0 Å². The summed E-state index contributed by atoms with van der Waals surface area (Å²) in [6.45, 7) is 10.4. The Balaban J connectivity index is 2.67. The maximum atomic E-state index is 12.1. The Kier molecular flexibility index (Phi) is 6.22. The highest BCUT2D eigenvalue weighted by molar-refractivity contribution is 7.92. The topological polar surface area (TPSA) is 75.3 Å². The Morgan fingerprint density at radius 2 is 1.62 bits per heavy atom. The Morgan fingerprint density at radius 3 is 2.08 bits per heavy atom. The number of carbonyl (C=O) groups is 1. The first-order valence-electron chi connectivity index (χ1n) is 7.84. The highest BCUT2D eigenvalue weighted by atomic mass is 32.2. The summed E-state index contributed by atoms with van der Waals surface area (Å²) in [6, 6.07) is 6.81. The van der Waals surface area contributed by atoms with Gasteiger partial charge in [0.05, 0.1) is 6.26 Å². The number of hydrogen-bond donors (Lipinski definition) is 2. The number of nitrogens with one attached hydrogen (secondary N) is 2. The smallest absolute Gasteiger partial charge is 0.244 e. The number of amides is 1. The molecule has 0 radical (unpaired) electrons. The molecule has 0 unspecified atom stereocenters. The fourth-order valence-electron chi connectivity index (χ4n) is 2.79. The van der Waals surface area contributed by atoms with Gasteiger partial charge in [-0.1, -0.05) is 32.9 Å². The summed E-state index contributed by atoms with van der Waals surface area (Å²) in [4.78, 5) is 12.1. The summed E-state index contributed by atoms with van der Waals surface area (Å²) in [5.41, 5.74) is 1.15. The van der Waals surface area contributed by atoms with Crippen molar-refractivity contribution in [2.45, 2.75) is 46.6 Å². The van der Waals surface area contributed by atoms with Crippen molar-refractivity contribution in [2.24, 2.45) is 5.41 Å². The maximum Gasteiger partial charge on any atom is 0.244 e. The van der Waals surface area contributed by atoms with Gasteiger partial charge in [0.25, 0.3) is 0 Å². The van der Waals surface area contributed by atoms with Gasteiger partial charge in [0.2, 0.25) is 15.9 Å². The Labute approximate surface area is 145 Å². The van der Waals surface area contributed by atoms with Gasteiger partial charge >= 0.3 is 0 Å². The number of sulfonamides is 1. The van der Waals surface area contributed by atoms with E-state index in [2.05, 4.69) is 30.8 Å². The van der Waals surface area contributed by atoms with E-state index < -0.39 is 10.0 Å². The van der Waals surface area contributed by atoms with E-state index in [4.69, 9.17) is 0 Å². The van der Waals surface area contributed by atoms with Crippen molar-refractivity contribution in [2.75, 3.05) is 11.0 Å². The first-order chi connectivity index (χ1) is 10.8. The van der Waals surface area contributed by atoms with Crippen LogP contribution in [0.5, 0.6) is 0 Å². The van der Waals surface area contributed by atoms with Crippen LogP contribution in [0.15, 0.2) is 30.3 Å². The molecule has 0 heterocycles. The molecule has 1 aromatic carbocycles. The van der Waals surface area contributed by atoms with E-state index in [1.807, 2.05) is 13.8 Å². The summed E-state index contributed by atoms with van der Waals surface area (Å²) in [7, 11) is -3.28. The highest BCUT2D eigenvalue weighted by Crippen LogP contribution is 2.26. The first kappa shape index (κ1) is 20.2. The van der Waals surface area contributed by atoms with E-state index in [-0.39, 0.29) is 16.9 Å². The van der Waals surface area contributed by atoms with Crippen molar-refractivity contribution in [1.82, 2.24) is 5.32 Å². The Hall–Kier alpha value is -1.82. The van der Waals surface area contributed by atoms with Crippen LogP contribution in [0.4, 0.5) is 5.69 Å². The largest absolute Gasteiger partial charge is 0.348 e. The van der Waals surface area contributed by atoms with Crippen molar-refractivity contribution in [3.63, 3.8) is 0 Å². The minimum Gasteiger partial charge on any atom is -0.348 e. The van der Waals surface area contributed by atoms with Crippen molar-refractivity contribution < 1.29 is 13.2 Å². The van der Waals surface area contributed by atoms with Gasteiger partial charge in [-0.3, -0.25) is 9.52 Å².